The normalized spacial score (nSPS) is 15.0. The number of thiophene rings is 1. The summed E-state index contributed by atoms with van der Waals surface area (Å²) in [5.41, 5.74) is 2.21. The van der Waals surface area contributed by atoms with E-state index in [-0.39, 0.29) is 12.5 Å². The van der Waals surface area contributed by atoms with Crippen LogP contribution < -0.4 is 0 Å². The van der Waals surface area contributed by atoms with Crippen molar-refractivity contribution < 1.29 is 19.1 Å². The maximum absolute atomic E-state index is 13.0. The molecule has 0 spiro atoms. The van der Waals surface area contributed by atoms with Crippen LogP contribution in [-0.2, 0) is 16.0 Å². The first-order chi connectivity index (χ1) is 13.5. The highest BCUT2D eigenvalue weighted by Crippen LogP contribution is 2.21. The molecule has 3 heterocycles. The molecule has 0 unspecified atom stereocenters. The maximum atomic E-state index is 13.0. The van der Waals surface area contributed by atoms with Crippen molar-refractivity contribution >= 4 is 23.2 Å². The molecule has 1 N–H and O–H groups in total. The molecule has 1 fully saturated rings. The Morgan fingerprint density at radius 1 is 1.18 bits per heavy atom. The van der Waals surface area contributed by atoms with Crippen LogP contribution in [0.1, 0.15) is 37.0 Å². The maximum Gasteiger partial charge on any atom is 0.340 e. The van der Waals surface area contributed by atoms with Gasteiger partial charge >= 0.3 is 5.97 Å². The average Bonchev–Trinajstić information content (AvgIpc) is 3.29. The molecule has 1 aliphatic heterocycles. The van der Waals surface area contributed by atoms with Gasteiger partial charge in [0, 0.05) is 50.4 Å². The minimum absolute atomic E-state index is 0.0627. The highest BCUT2D eigenvalue weighted by Gasteiger charge is 2.28. The lowest BCUT2D eigenvalue weighted by molar-refractivity contribution is 0.0387. The Morgan fingerprint density at radius 3 is 2.57 bits per heavy atom. The molecule has 2 aromatic heterocycles. The molecule has 0 aromatic carbocycles. The SMILES string of the molecule is COCCOC(=O)c1c(C)[nH]c(C(=O)N2CCN(Cc3cccs3)CC2)c1C. The number of aromatic nitrogens is 1. The van der Waals surface area contributed by atoms with E-state index in [4.69, 9.17) is 9.47 Å². The Hall–Kier alpha value is -2.16. The summed E-state index contributed by atoms with van der Waals surface area (Å²) in [7, 11) is 1.55. The van der Waals surface area contributed by atoms with Crippen molar-refractivity contribution in [1.82, 2.24) is 14.8 Å². The number of carbonyl (C=O) groups is 2. The summed E-state index contributed by atoms with van der Waals surface area (Å²) in [6.45, 7) is 8.07. The quantitative estimate of drug-likeness (QED) is 0.566. The molecule has 0 radical (unpaired) electrons. The van der Waals surface area contributed by atoms with Crippen molar-refractivity contribution in [2.24, 2.45) is 0 Å². The third kappa shape index (κ3) is 4.63. The number of hydrogen-bond acceptors (Lipinski definition) is 6. The Morgan fingerprint density at radius 2 is 1.93 bits per heavy atom. The zero-order chi connectivity index (χ0) is 20.1. The second-order valence-electron chi connectivity index (χ2n) is 6.90. The van der Waals surface area contributed by atoms with Crippen LogP contribution in [0.5, 0.6) is 0 Å². The first kappa shape index (κ1) is 20.6. The van der Waals surface area contributed by atoms with E-state index >= 15 is 0 Å². The van der Waals surface area contributed by atoms with Gasteiger partial charge in [-0.15, -0.1) is 11.3 Å². The first-order valence-corrected chi connectivity index (χ1v) is 10.3. The van der Waals surface area contributed by atoms with E-state index < -0.39 is 5.97 Å². The molecule has 1 amide bonds. The average molecular weight is 406 g/mol. The van der Waals surface area contributed by atoms with Crippen molar-refractivity contribution in [2.75, 3.05) is 46.5 Å². The number of nitrogens with zero attached hydrogens (tertiary/aromatic N) is 2. The van der Waals surface area contributed by atoms with Gasteiger partial charge in [0.2, 0.25) is 0 Å². The Bertz CT molecular complexity index is 808. The van der Waals surface area contributed by atoms with Crippen LogP contribution in [0.4, 0.5) is 0 Å². The lowest BCUT2D eigenvalue weighted by Crippen LogP contribution is -2.48. The summed E-state index contributed by atoms with van der Waals surface area (Å²) in [4.78, 5) is 34.0. The van der Waals surface area contributed by atoms with Gasteiger partial charge in [-0.05, 0) is 30.9 Å². The number of nitrogens with one attached hydrogen (secondary N) is 1. The fourth-order valence-electron chi connectivity index (χ4n) is 3.45. The summed E-state index contributed by atoms with van der Waals surface area (Å²) in [6.07, 6.45) is 0. The smallest absolute Gasteiger partial charge is 0.340 e. The lowest BCUT2D eigenvalue weighted by atomic mass is 10.1. The van der Waals surface area contributed by atoms with E-state index in [1.54, 1.807) is 32.3 Å². The van der Waals surface area contributed by atoms with Gasteiger partial charge in [-0.3, -0.25) is 9.69 Å². The van der Waals surface area contributed by atoms with Crippen LogP contribution in [0.3, 0.4) is 0 Å². The summed E-state index contributed by atoms with van der Waals surface area (Å²) in [5, 5.41) is 2.09. The fourth-order valence-corrected chi connectivity index (χ4v) is 4.20. The molecular formula is C20H27N3O4S. The van der Waals surface area contributed by atoms with E-state index in [1.807, 2.05) is 4.90 Å². The number of aryl methyl sites for hydroxylation is 1. The minimum Gasteiger partial charge on any atom is -0.460 e. The molecular weight excluding hydrogens is 378 g/mol. The van der Waals surface area contributed by atoms with Gasteiger partial charge < -0.3 is 19.4 Å². The van der Waals surface area contributed by atoms with Gasteiger partial charge in [0.25, 0.3) is 5.91 Å². The highest BCUT2D eigenvalue weighted by atomic mass is 32.1. The number of hydrogen-bond donors (Lipinski definition) is 1. The predicted octanol–water partition coefficient (Wildman–Crippen LogP) is 2.45. The zero-order valence-electron chi connectivity index (χ0n) is 16.6. The highest BCUT2D eigenvalue weighted by molar-refractivity contribution is 7.09. The third-order valence-corrected chi connectivity index (χ3v) is 5.86. The summed E-state index contributed by atoms with van der Waals surface area (Å²) in [5.74, 6) is -0.490. The van der Waals surface area contributed by atoms with Crippen LogP contribution in [0.2, 0.25) is 0 Å². The number of piperazine rings is 1. The second kappa shape index (κ2) is 9.36. The second-order valence-corrected chi connectivity index (χ2v) is 7.93. The monoisotopic (exact) mass is 405 g/mol. The fraction of sp³-hybridized carbons (Fsp3) is 0.500. The number of carbonyl (C=O) groups excluding carboxylic acids is 2. The molecule has 152 valence electrons. The molecule has 3 rings (SSSR count). The van der Waals surface area contributed by atoms with Crippen molar-refractivity contribution in [3.8, 4) is 0 Å². The van der Waals surface area contributed by atoms with E-state index in [2.05, 4.69) is 27.4 Å². The number of methoxy groups -OCH3 is 1. The van der Waals surface area contributed by atoms with Gasteiger partial charge in [0.05, 0.1) is 12.2 Å². The summed E-state index contributed by atoms with van der Waals surface area (Å²) < 4.78 is 10.1. The third-order valence-electron chi connectivity index (χ3n) is 5.00. The molecule has 0 atom stereocenters. The number of rotatable bonds is 7. The Labute approximate surface area is 169 Å². The Balaban J connectivity index is 1.62. The van der Waals surface area contributed by atoms with Crippen molar-refractivity contribution in [2.45, 2.75) is 20.4 Å². The van der Waals surface area contributed by atoms with Crippen molar-refractivity contribution in [3.05, 3.63) is 44.9 Å². The molecule has 28 heavy (non-hydrogen) atoms. The van der Waals surface area contributed by atoms with Gasteiger partial charge in [-0.1, -0.05) is 6.07 Å². The van der Waals surface area contributed by atoms with Crippen LogP contribution in [-0.4, -0.2) is 73.2 Å². The summed E-state index contributed by atoms with van der Waals surface area (Å²) in [6, 6.07) is 4.20. The zero-order valence-corrected chi connectivity index (χ0v) is 17.4. The van der Waals surface area contributed by atoms with Crippen molar-refractivity contribution in [1.29, 1.82) is 0 Å². The number of aromatic amines is 1. The van der Waals surface area contributed by atoms with Crippen molar-refractivity contribution in [3.63, 3.8) is 0 Å². The first-order valence-electron chi connectivity index (χ1n) is 9.40. The molecule has 0 saturated carbocycles. The van der Waals surface area contributed by atoms with E-state index in [9.17, 15) is 9.59 Å². The molecule has 7 nitrogen and oxygen atoms in total. The molecule has 2 aromatic rings. The Kier molecular flexibility index (Phi) is 6.88. The minimum atomic E-state index is -0.428. The van der Waals surface area contributed by atoms with Crippen LogP contribution in [0, 0.1) is 13.8 Å². The molecule has 0 bridgehead atoms. The lowest BCUT2D eigenvalue weighted by Gasteiger charge is -2.34. The van der Waals surface area contributed by atoms with Gasteiger partial charge in [-0.2, -0.15) is 0 Å². The van der Waals surface area contributed by atoms with E-state index in [1.165, 1.54) is 4.88 Å². The summed E-state index contributed by atoms with van der Waals surface area (Å²) >= 11 is 1.76. The van der Waals surface area contributed by atoms with Gasteiger partial charge in [-0.25, -0.2) is 4.79 Å². The standard InChI is InChI=1S/C20H27N3O4S/c1-14-17(20(25)27-11-10-26-3)15(2)21-18(14)19(24)23-8-6-22(7-9-23)13-16-5-4-12-28-16/h4-5,12,21H,6-11,13H2,1-3H3. The largest absolute Gasteiger partial charge is 0.460 e. The topological polar surface area (TPSA) is 74.9 Å². The molecule has 8 heteroatoms. The number of esters is 1. The van der Waals surface area contributed by atoms with Gasteiger partial charge in [0.1, 0.15) is 12.3 Å². The molecule has 1 aliphatic rings. The van der Waals surface area contributed by atoms with E-state index in [0.29, 0.717) is 42.2 Å². The predicted molar refractivity (Wildman–Crippen MR) is 108 cm³/mol. The number of H-pyrrole nitrogens is 1. The molecule has 0 aliphatic carbocycles. The van der Waals surface area contributed by atoms with Crippen LogP contribution in [0.15, 0.2) is 17.5 Å². The number of amides is 1. The van der Waals surface area contributed by atoms with Crippen LogP contribution in [0.25, 0.3) is 0 Å². The van der Waals surface area contributed by atoms with Crippen LogP contribution >= 0.6 is 11.3 Å². The number of ether oxygens (including phenoxy) is 2. The van der Waals surface area contributed by atoms with E-state index in [0.717, 1.165) is 19.6 Å². The molecule has 1 saturated heterocycles. The van der Waals surface area contributed by atoms with Gasteiger partial charge in [0.15, 0.2) is 0 Å².